The number of fused-ring (bicyclic) bond motifs is 1. The van der Waals surface area contributed by atoms with Gasteiger partial charge in [-0.3, -0.25) is 4.90 Å². The molecule has 1 aliphatic heterocycles. The van der Waals surface area contributed by atoms with Gasteiger partial charge in [-0.2, -0.15) is 0 Å². The van der Waals surface area contributed by atoms with E-state index in [1.165, 1.54) is 16.6 Å². The van der Waals surface area contributed by atoms with E-state index in [0.29, 0.717) is 6.61 Å². The summed E-state index contributed by atoms with van der Waals surface area (Å²) in [5, 5.41) is 0.772. The van der Waals surface area contributed by atoms with Crippen LogP contribution in [0.25, 0.3) is 11.0 Å². The summed E-state index contributed by atoms with van der Waals surface area (Å²) in [7, 11) is 0. The number of imidazole rings is 1. The summed E-state index contributed by atoms with van der Waals surface area (Å²) in [5.74, 6) is 1.05. The molecule has 0 bridgehead atoms. The number of nitrogens with zero attached hydrogens (tertiary/aromatic N) is 4. The fraction of sp³-hybridized carbons (Fsp3) is 0.345. The zero-order valence-corrected chi connectivity index (χ0v) is 21.1. The lowest BCUT2D eigenvalue weighted by Gasteiger charge is -2.32. The van der Waals surface area contributed by atoms with Crippen molar-refractivity contribution >= 4 is 28.6 Å². The number of rotatable bonds is 8. The smallest absolute Gasteiger partial charge is 0.206 e. The molecular weight excluding hydrogens is 456 g/mol. The molecule has 0 aliphatic carbocycles. The fourth-order valence-electron chi connectivity index (χ4n) is 5.11. The first-order valence-corrected chi connectivity index (χ1v) is 12.9. The molecule has 0 saturated carbocycles. The highest BCUT2D eigenvalue weighted by Gasteiger charge is 2.27. The maximum absolute atomic E-state index is 6.22. The predicted molar refractivity (Wildman–Crippen MR) is 144 cm³/mol. The summed E-state index contributed by atoms with van der Waals surface area (Å²) in [6.07, 6.45) is 1.07. The van der Waals surface area contributed by atoms with Gasteiger partial charge in [0, 0.05) is 44.4 Å². The van der Waals surface area contributed by atoms with E-state index in [1.54, 1.807) is 0 Å². The van der Waals surface area contributed by atoms with Crippen LogP contribution >= 0.6 is 11.6 Å². The zero-order chi connectivity index (χ0) is 24.0. The van der Waals surface area contributed by atoms with Crippen LogP contribution in [0.3, 0.4) is 0 Å². The lowest BCUT2D eigenvalue weighted by molar-refractivity contribution is 0.140. The normalized spacial score (nSPS) is 15.9. The molecule has 5 nitrogen and oxygen atoms in total. The molecule has 4 aromatic rings. The van der Waals surface area contributed by atoms with Crippen LogP contribution in [-0.4, -0.2) is 53.8 Å². The molecule has 1 saturated heterocycles. The van der Waals surface area contributed by atoms with Gasteiger partial charge >= 0.3 is 0 Å². The summed E-state index contributed by atoms with van der Waals surface area (Å²) in [6.45, 7) is 8.16. The van der Waals surface area contributed by atoms with Gasteiger partial charge in [0.05, 0.1) is 23.7 Å². The third-order valence-corrected chi connectivity index (χ3v) is 7.03. The quantitative estimate of drug-likeness (QED) is 0.284. The van der Waals surface area contributed by atoms with Crippen molar-refractivity contribution in [3.05, 3.63) is 95.0 Å². The molecule has 1 unspecified atom stereocenters. The van der Waals surface area contributed by atoms with Crippen LogP contribution in [0.4, 0.5) is 5.95 Å². The second kappa shape index (κ2) is 11.3. The average molecular weight is 489 g/mol. The zero-order valence-electron chi connectivity index (χ0n) is 20.3. The minimum Gasteiger partial charge on any atom is -0.380 e. The minimum atomic E-state index is 0.199. The van der Waals surface area contributed by atoms with E-state index in [4.69, 9.17) is 21.3 Å². The van der Waals surface area contributed by atoms with E-state index in [2.05, 4.69) is 81.1 Å². The lowest BCUT2D eigenvalue weighted by atomic mass is 9.97. The molecule has 0 radical (unpaired) electrons. The average Bonchev–Trinajstić information content (AvgIpc) is 3.08. The lowest BCUT2D eigenvalue weighted by Crippen LogP contribution is -2.35. The maximum atomic E-state index is 6.22. The standard InChI is InChI=1S/C29H33ClN4O/c1-2-35-22-21-34-27-12-7-6-11-26(27)31-29(34)33-18-8-17-32(19-20-33)28(23-9-4-3-5-10-23)24-13-15-25(30)16-14-24/h3-7,9-16,28H,2,8,17-22H2,1H3. The highest BCUT2D eigenvalue weighted by Crippen LogP contribution is 2.31. The van der Waals surface area contributed by atoms with Gasteiger partial charge in [-0.15, -0.1) is 0 Å². The van der Waals surface area contributed by atoms with Crippen LogP contribution in [0, 0.1) is 0 Å². The van der Waals surface area contributed by atoms with Gasteiger partial charge in [0.15, 0.2) is 0 Å². The molecule has 1 aliphatic rings. The molecule has 0 amide bonds. The van der Waals surface area contributed by atoms with Gasteiger partial charge in [-0.05, 0) is 48.7 Å². The van der Waals surface area contributed by atoms with Crippen molar-refractivity contribution in [2.45, 2.75) is 25.9 Å². The highest BCUT2D eigenvalue weighted by molar-refractivity contribution is 6.30. The molecule has 5 rings (SSSR count). The summed E-state index contributed by atoms with van der Waals surface area (Å²) >= 11 is 6.22. The largest absolute Gasteiger partial charge is 0.380 e. The first kappa shape index (κ1) is 23.9. The van der Waals surface area contributed by atoms with Crippen LogP contribution in [-0.2, 0) is 11.3 Å². The van der Waals surface area contributed by atoms with Gasteiger partial charge in [0.2, 0.25) is 5.95 Å². The Bertz CT molecular complexity index is 1220. The van der Waals surface area contributed by atoms with E-state index in [1.807, 2.05) is 19.1 Å². The SMILES string of the molecule is CCOCCn1c(N2CCCN(C(c3ccccc3)c3ccc(Cl)cc3)CC2)nc2ccccc21. The van der Waals surface area contributed by atoms with E-state index < -0.39 is 0 Å². The molecule has 1 fully saturated rings. The number of aromatic nitrogens is 2. The van der Waals surface area contributed by atoms with Crippen molar-refractivity contribution in [3.63, 3.8) is 0 Å². The molecule has 1 aromatic heterocycles. The highest BCUT2D eigenvalue weighted by atomic mass is 35.5. The molecule has 1 atom stereocenters. The Kier molecular flexibility index (Phi) is 7.67. The van der Waals surface area contributed by atoms with Gasteiger partial charge in [0.1, 0.15) is 0 Å². The van der Waals surface area contributed by atoms with Crippen molar-refractivity contribution in [1.82, 2.24) is 14.5 Å². The summed E-state index contributed by atoms with van der Waals surface area (Å²) in [4.78, 5) is 10.1. The molecule has 0 spiro atoms. The van der Waals surface area contributed by atoms with E-state index in [-0.39, 0.29) is 6.04 Å². The van der Waals surface area contributed by atoms with E-state index >= 15 is 0 Å². The Morgan fingerprint density at radius 2 is 1.60 bits per heavy atom. The van der Waals surface area contributed by atoms with Gasteiger partial charge < -0.3 is 14.2 Å². The van der Waals surface area contributed by atoms with Crippen molar-refractivity contribution in [3.8, 4) is 0 Å². The van der Waals surface area contributed by atoms with Crippen molar-refractivity contribution in [2.75, 3.05) is 44.3 Å². The summed E-state index contributed by atoms with van der Waals surface area (Å²) in [6, 6.07) is 27.7. The van der Waals surface area contributed by atoms with Crippen LogP contribution in [0.5, 0.6) is 0 Å². The first-order valence-electron chi connectivity index (χ1n) is 12.6. The van der Waals surface area contributed by atoms with Gasteiger partial charge in [-0.1, -0.05) is 66.2 Å². The first-order chi connectivity index (χ1) is 17.2. The van der Waals surface area contributed by atoms with Gasteiger partial charge in [0.25, 0.3) is 0 Å². The molecule has 3 aromatic carbocycles. The number of halogens is 1. The molecule has 6 heteroatoms. The number of hydrogen-bond acceptors (Lipinski definition) is 4. The fourth-order valence-corrected chi connectivity index (χ4v) is 5.24. The number of benzene rings is 3. The molecule has 182 valence electrons. The van der Waals surface area contributed by atoms with Crippen molar-refractivity contribution in [1.29, 1.82) is 0 Å². The van der Waals surface area contributed by atoms with Crippen LogP contribution in [0.1, 0.15) is 30.5 Å². The third kappa shape index (κ3) is 5.37. The predicted octanol–water partition coefficient (Wildman–Crippen LogP) is 6.03. The second-order valence-corrected chi connectivity index (χ2v) is 9.43. The van der Waals surface area contributed by atoms with Crippen LogP contribution in [0.15, 0.2) is 78.9 Å². The summed E-state index contributed by atoms with van der Waals surface area (Å²) in [5.41, 5.74) is 4.81. The molecule has 2 heterocycles. The van der Waals surface area contributed by atoms with Crippen molar-refractivity contribution < 1.29 is 4.74 Å². The number of para-hydroxylation sites is 2. The van der Waals surface area contributed by atoms with Crippen LogP contribution in [0.2, 0.25) is 5.02 Å². The Balaban J connectivity index is 1.42. The summed E-state index contributed by atoms with van der Waals surface area (Å²) < 4.78 is 8.02. The second-order valence-electron chi connectivity index (χ2n) is 8.99. The molecular formula is C29H33ClN4O. The van der Waals surface area contributed by atoms with Crippen molar-refractivity contribution in [2.24, 2.45) is 0 Å². The molecule has 35 heavy (non-hydrogen) atoms. The van der Waals surface area contributed by atoms with E-state index in [9.17, 15) is 0 Å². The Labute approximate surface area is 212 Å². The van der Waals surface area contributed by atoms with Gasteiger partial charge in [-0.25, -0.2) is 4.98 Å². The minimum absolute atomic E-state index is 0.199. The topological polar surface area (TPSA) is 33.5 Å². The number of anilines is 1. The Hall–Kier alpha value is -2.86. The monoisotopic (exact) mass is 488 g/mol. The third-order valence-electron chi connectivity index (χ3n) is 6.78. The van der Waals surface area contributed by atoms with Crippen LogP contribution < -0.4 is 4.90 Å². The van der Waals surface area contributed by atoms with E-state index in [0.717, 1.165) is 62.2 Å². The Morgan fingerprint density at radius 1 is 0.857 bits per heavy atom. The number of hydrogen-bond donors (Lipinski definition) is 0. The Morgan fingerprint density at radius 3 is 2.40 bits per heavy atom. The molecule has 0 N–H and O–H groups in total. The number of ether oxygens (including phenoxy) is 1. The maximum Gasteiger partial charge on any atom is 0.206 e.